The molecule has 0 aliphatic heterocycles. The first-order valence-electron chi connectivity index (χ1n) is 6.65. The Bertz CT molecular complexity index is 323. The lowest BCUT2D eigenvalue weighted by Gasteiger charge is -2.36. The van der Waals surface area contributed by atoms with Gasteiger partial charge in [0.05, 0.1) is 0 Å². The summed E-state index contributed by atoms with van der Waals surface area (Å²) in [5.41, 5.74) is 2.96. The van der Waals surface area contributed by atoms with Crippen LogP contribution in [0.3, 0.4) is 0 Å². The van der Waals surface area contributed by atoms with Gasteiger partial charge in [0.2, 0.25) is 0 Å². The molecule has 1 unspecified atom stereocenters. The van der Waals surface area contributed by atoms with Crippen LogP contribution in [-0.2, 0) is 0 Å². The van der Waals surface area contributed by atoms with Crippen LogP contribution in [0, 0.1) is 28.6 Å². The average molecular weight is 204 g/mol. The molecule has 3 aliphatic rings. The molecule has 0 radical (unpaired) electrons. The Balaban J connectivity index is 2.11. The minimum absolute atomic E-state index is 0.571. The minimum Gasteiger partial charge on any atom is -0.0847 e. The molecular formula is C15H24. The van der Waals surface area contributed by atoms with Crippen molar-refractivity contribution in [3.63, 3.8) is 0 Å². The molecule has 0 N–H and O–H groups in total. The van der Waals surface area contributed by atoms with Crippen molar-refractivity contribution in [2.75, 3.05) is 0 Å². The summed E-state index contributed by atoms with van der Waals surface area (Å²) in [6, 6.07) is 0. The second kappa shape index (κ2) is 2.70. The molecule has 1 spiro atoms. The molecule has 2 bridgehead atoms. The van der Waals surface area contributed by atoms with E-state index in [4.69, 9.17) is 0 Å². The second-order valence-corrected chi connectivity index (χ2v) is 6.99. The standard InChI is InChI=1S/C15H24/c1-10-7-8-15-9-12(10)14(3,4)13(15)6-5-11(15)2/h7,11-13H,5-6,8-9H2,1-4H3/t11-,12-,13?,15-/m1/s1. The largest absolute Gasteiger partial charge is 0.0847 e. The normalized spacial score (nSPS) is 51.5. The summed E-state index contributed by atoms with van der Waals surface area (Å²) in [6.07, 6.45) is 8.41. The van der Waals surface area contributed by atoms with E-state index in [1.54, 1.807) is 5.57 Å². The Labute approximate surface area is 94.1 Å². The van der Waals surface area contributed by atoms with Crippen LogP contribution >= 0.6 is 0 Å². The second-order valence-electron chi connectivity index (χ2n) is 6.99. The molecule has 4 atom stereocenters. The van der Waals surface area contributed by atoms with Crippen LogP contribution in [-0.4, -0.2) is 0 Å². The molecule has 0 amide bonds. The third kappa shape index (κ3) is 0.990. The van der Waals surface area contributed by atoms with E-state index < -0.39 is 0 Å². The van der Waals surface area contributed by atoms with Gasteiger partial charge in [-0.05, 0) is 61.2 Å². The van der Waals surface area contributed by atoms with Gasteiger partial charge in [0.25, 0.3) is 0 Å². The fourth-order valence-electron chi connectivity index (χ4n) is 5.35. The Morgan fingerprint density at radius 3 is 2.73 bits per heavy atom. The van der Waals surface area contributed by atoms with Crippen LogP contribution in [0.25, 0.3) is 0 Å². The minimum atomic E-state index is 0.571. The monoisotopic (exact) mass is 204 g/mol. The van der Waals surface area contributed by atoms with Crippen LogP contribution in [0.2, 0.25) is 0 Å². The highest BCUT2D eigenvalue weighted by Gasteiger charge is 2.62. The summed E-state index contributed by atoms with van der Waals surface area (Å²) in [4.78, 5) is 0. The summed E-state index contributed by atoms with van der Waals surface area (Å²) in [6.45, 7) is 9.94. The highest BCUT2D eigenvalue weighted by Crippen LogP contribution is 2.71. The highest BCUT2D eigenvalue weighted by atomic mass is 14.7. The first-order chi connectivity index (χ1) is 6.98. The van der Waals surface area contributed by atoms with Crippen molar-refractivity contribution in [3.8, 4) is 0 Å². The fraction of sp³-hybridized carbons (Fsp3) is 0.867. The molecule has 0 aromatic rings. The van der Waals surface area contributed by atoms with Crippen LogP contribution in [0.15, 0.2) is 11.6 Å². The Kier molecular flexibility index (Phi) is 1.79. The predicted octanol–water partition coefficient (Wildman–Crippen LogP) is 4.42. The summed E-state index contributed by atoms with van der Waals surface area (Å²) < 4.78 is 0. The fourth-order valence-corrected chi connectivity index (χ4v) is 5.35. The van der Waals surface area contributed by atoms with Gasteiger partial charge < -0.3 is 0 Å². The molecule has 0 aromatic heterocycles. The maximum Gasteiger partial charge on any atom is -0.0146 e. The van der Waals surface area contributed by atoms with Crippen molar-refractivity contribution in [1.29, 1.82) is 0 Å². The highest BCUT2D eigenvalue weighted by molar-refractivity contribution is 5.25. The van der Waals surface area contributed by atoms with Crippen molar-refractivity contribution >= 4 is 0 Å². The molecule has 84 valence electrons. The van der Waals surface area contributed by atoms with Crippen molar-refractivity contribution in [1.82, 2.24) is 0 Å². The topological polar surface area (TPSA) is 0 Å². The van der Waals surface area contributed by atoms with Gasteiger partial charge in [0.1, 0.15) is 0 Å². The zero-order valence-corrected chi connectivity index (χ0v) is 10.6. The molecule has 0 heteroatoms. The first-order valence-corrected chi connectivity index (χ1v) is 6.65. The maximum absolute atomic E-state index is 2.57. The van der Waals surface area contributed by atoms with E-state index in [0.717, 1.165) is 17.8 Å². The number of allylic oxidation sites excluding steroid dienone is 2. The molecule has 0 heterocycles. The van der Waals surface area contributed by atoms with Gasteiger partial charge in [-0.15, -0.1) is 0 Å². The molecule has 2 saturated carbocycles. The van der Waals surface area contributed by atoms with Crippen molar-refractivity contribution < 1.29 is 0 Å². The predicted molar refractivity (Wildman–Crippen MR) is 64.6 cm³/mol. The van der Waals surface area contributed by atoms with Crippen LogP contribution in [0.1, 0.15) is 53.4 Å². The number of fused-ring (bicyclic) bond motifs is 1. The lowest BCUT2D eigenvalue weighted by Crippen LogP contribution is -2.30. The maximum atomic E-state index is 2.57. The van der Waals surface area contributed by atoms with E-state index in [1.807, 2.05) is 0 Å². The van der Waals surface area contributed by atoms with E-state index in [0.29, 0.717) is 10.8 Å². The van der Waals surface area contributed by atoms with E-state index in [2.05, 4.69) is 33.8 Å². The summed E-state index contributed by atoms with van der Waals surface area (Å²) in [7, 11) is 0. The molecule has 3 aliphatic carbocycles. The zero-order chi connectivity index (χ0) is 10.8. The van der Waals surface area contributed by atoms with Crippen LogP contribution in [0.4, 0.5) is 0 Å². The number of hydrogen-bond donors (Lipinski definition) is 0. The van der Waals surface area contributed by atoms with E-state index >= 15 is 0 Å². The molecule has 3 rings (SSSR count). The van der Waals surface area contributed by atoms with Crippen molar-refractivity contribution in [2.45, 2.75) is 53.4 Å². The summed E-state index contributed by atoms with van der Waals surface area (Å²) >= 11 is 0. The molecule has 2 fully saturated rings. The van der Waals surface area contributed by atoms with E-state index in [1.165, 1.54) is 25.7 Å². The SMILES string of the molecule is CC1=CC[C@]23C[C@H]1C(C)(C)C2CC[C@H]3C. The molecule has 0 saturated heterocycles. The van der Waals surface area contributed by atoms with Gasteiger partial charge in [-0.1, -0.05) is 32.4 Å². The Hall–Kier alpha value is -0.260. The third-order valence-electron chi connectivity index (χ3n) is 6.30. The van der Waals surface area contributed by atoms with Gasteiger partial charge in [-0.2, -0.15) is 0 Å². The quantitative estimate of drug-likeness (QED) is 0.513. The van der Waals surface area contributed by atoms with Crippen LogP contribution < -0.4 is 0 Å². The van der Waals surface area contributed by atoms with Crippen molar-refractivity contribution in [2.24, 2.45) is 28.6 Å². The summed E-state index contributed by atoms with van der Waals surface area (Å²) in [5.74, 6) is 2.86. The lowest BCUT2D eigenvalue weighted by molar-refractivity contribution is 0.128. The smallest absolute Gasteiger partial charge is 0.0146 e. The van der Waals surface area contributed by atoms with E-state index in [-0.39, 0.29) is 0 Å². The molecular weight excluding hydrogens is 180 g/mol. The van der Waals surface area contributed by atoms with Gasteiger partial charge in [-0.25, -0.2) is 0 Å². The van der Waals surface area contributed by atoms with Gasteiger partial charge in [0.15, 0.2) is 0 Å². The van der Waals surface area contributed by atoms with Gasteiger partial charge in [-0.3, -0.25) is 0 Å². The zero-order valence-electron chi connectivity index (χ0n) is 10.6. The van der Waals surface area contributed by atoms with Crippen molar-refractivity contribution in [3.05, 3.63) is 11.6 Å². The molecule has 0 aromatic carbocycles. The van der Waals surface area contributed by atoms with E-state index in [9.17, 15) is 0 Å². The Morgan fingerprint density at radius 1 is 1.27 bits per heavy atom. The van der Waals surface area contributed by atoms with Crippen LogP contribution in [0.5, 0.6) is 0 Å². The first kappa shape index (κ1) is 9.93. The van der Waals surface area contributed by atoms with Gasteiger partial charge >= 0.3 is 0 Å². The molecule has 0 nitrogen and oxygen atoms in total. The molecule has 15 heavy (non-hydrogen) atoms. The third-order valence-corrected chi connectivity index (χ3v) is 6.30. The van der Waals surface area contributed by atoms with Gasteiger partial charge in [0, 0.05) is 0 Å². The average Bonchev–Trinajstić information content (AvgIpc) is 2.57. The Morgan fingerprint density at radius 2 is 2.00 bits per heavy atom. The number of hydrogen-bond acceptors (Lipinski definition) is 0. The lowest BCUT2D eigenvalue weighted by atomic mass is 9.68. The summed E-state index contributed by atoms with van der Waals surface area (Å²) in [5, 5.41) is 0. The number of rotatable bonds is 0.